The summed E-state index contributed by atoms with van der Waals surface area (Å²) in [4.78, 5) is 26.6. The molecule has 1 fully saturated rings. The van der Waals surface area contributed by atoms with Crippen LogP contribution >= 0.6 is 0 Å². The minimum absolute atomic E-state index is 0.213. The summed E-state index contributed by atoms with van der Waals surface area (Å²) >= 11 is 0. The van der Waals surface area contributed by atoms with Crippen molar-refractivity contribution in [3.8, 4) is 6.07 Å². The molecule has 1 saturated heterocycles. The lowest BCUT2D eigenvalue weighted by molar-refractivity contribution is -0.150. The lowest BCUT2D eigenvalue weighted by Crippen LogP contribution is -2.49. The van der Waals surface area contributed by atoms with Gasteiger partial charge in [-0.25, -0.2) is 4.79 Å². The Hall–Kier alpha value is -2.55. The summed E-state index contributed by atoms with van der Waals surface area (Å²) in [6.45, 7) is 13.8. The number of carbonyl (C=O) groups excluding carboxylic acids is 2. The zero-order valence-corrected chi connectivity index (χ0v) is 17.7. The van der Waals surface area contributed by atoms with E-state index in [0.717, 1.165) is 5.57 Å². The van der Waals surface area contributed by atoms with Gasteiger partial charge in [-0.1, -0.05) is 30.9 Å². The van der Waals surface area contributed by atoms with Gasteiger partial charge in [0.1, 0.15) is 5.60 Å². The van der Waals surface area contributed by atoms with Gasteiger partial charge in [-0.3, -0.25) is 4.79 Å². The second-order valence-electron chi connectivity index (χ2n) is 7.78. The Morgan fingerprint density at radius 3 is 2.36 bits per heavy atom. The molecule has 0 aromatic carbocycles. The Labute approximate surface area is 168 Å². The van der Waals surface area contributed by atoms with E-state index < -0.39 is 22.9 Å². The van der Waals surface area contributed by atoms with Crippen molar-refractivity contribution in [3.63, 3.8) is 0 Å². The number of carbonyl (C=O) groups is 2. The van der Waals surface area contributed by atoms with E-state index in [9.17, 15) is 14.9 Å². The quantitative estimate of drug-likeness (QED) is 0.498. The highest BCUT2D eigenvalue weighted by Gasteiger charge is 2.48. The molecule has 1 aliphatic heterocycles. The number of piperidine rings is 1. The number of ether oxygens (including phenoxy) is 2. The average Bonchev–Trinajstić information content (AvgIpc) is 2.62. The van der Waals surface area contributed by atoms with Crippen LogP contribution in [0.3, 0.4) is 0 Å². The van der Waals surface area contributed by atoms with Crippen molar-refractivity contribution in [2.45, 2.75) is 53.1 Å². The van der Waals surface area contributed by atoms with Gasteiger partial charge >= 0.3 is 12.1 Å². The van der Waals surface area contributed by atoms with Crippen LogP contribution < -0.4 is 0 Å². The molecule has 1 unspecified atom stereocenters. The fourth-order valence-corrected chi connectivity index (χ4v) is 3.51. The molecule has 0 aromatic heterocycles. The summed E-state index contributed by atoms with van der Waals surface area (Å²) < 4.78 is 10.6. The van der Waals surface area contributed by atoms with Gasteiger partial charge in [-0.15, -0.1) is 0 Å². The maximum absolute atomic E-state index is 12.6. The smallest absolute Gasteiger partial charge is 0.410 e. The Morgan fingerprint density at radius 1 is 1.32 bits per heavy atom. The molecule has 0 spiro atoms. The van der Waals surface area contributed by atoms with Gasteiger partial charge in [0.2, 0.25) is 0 Å². The van der Waals surface area contributed by atoms with Crippen LogP contribution in [0.1, 0.15) is 47.5 Å². The topological polar surface area (TPSA) is 79.6 Å². The molecule has 154 valence electrons. The summed E-state index contributed by atoms with van der Waals surface area (Å²) in [5.74, 6) is -1.48. The number of allylic oxidation sites excluding steroid dienone is 5. The highest BCUT2D eigenvalue weighted by Crippen LogP contribution is 2.46. The van der Waals surface area contributed by atoms with Gasteiger partial charge in [0, 0.05) is 18.5 Å². The van der Waals surface area contributed by atoms with Gasteiger partial charge in [0.05, 0.1) is 12.7 Å². The van der Waals surface area contributed by atoms with E-state index in [-0.39, 0.29) is 12.7 Å². The molecule has 0 aromatic rings. The van der Waals surface area contributed by atoms with E-state index in [1.54, 1.807) is 24.0 Å². The molecule has 0 radical (unpaired) electrons. The predicted molar refractivity (Wildman–Crippen MR) is 108 cm³/mol. The normalized spacial score (nSPS) is 18.3. The van der Waals surface area contributed by atoms with Crippen molar-refractivity contribution in [2.75, 3.05) is 19.7 Å². The number of nitriles is 1. The zero-order chi connectivity index (χ0) is 21.4. The van der Waals surface area contributed by atoms with Crippen LogP contribution in [0.15, 0.2) is 36.5 Å². The highest BCUT2D eigenvalue weighted by molar-refractivity contribution is 5.77. The molecule has 0 bridgehead atoms. The first-order valence-corrected chi connectivity index (χ1v) is 9.65. The Bertz CT molecular complexity index is 672. The van der Waals surface area contributed by atoms with Crippen molar-refractivity contribution in [3.05, 3.63) is 36.5 Å². The summed E-state index contributed by atoms with van der Waals surface area (Å²) in [5, 5.41) is 9.81. The molecular weight excluding hydrogens is 356 g/mol. The Balaban J connectivity index is 3.20. The summed E-state index contributed by atoms with van der Waals surface area (Å²) in [6, 6.07) is 2.16. The lowest BCUT2D eigenvalue weighted by atomic mass is 9.64. The third-order valence-electron chi connectivity index (χ3n) is 4.81. The molecule has 28 heavy (non-hydrogen) atoms. The van der Waals surface area contributed by atoms with Gasteiger partial charge in [-0.2, -0.15) is 5.26 Å². The number of likely N-dealkylation sites (tertiary alicyclic amines) is 1. The van der Waals surface area contributed by atoms with Gasteiger partial charge in [0.25, 0.3) is 0 Å². The first kappa shape index (κ1) is 23.5. The Morgan fingerprint density at radius 2 is 1.93 bits per heavy atom. The third kappa shape index (κ3) is 5.72. The van der Waals surface area contributed by atoms with Crippen molar-refractivity contribution in [2.24, 2.45) is 11.3 Å². The van der Waals surface area contributed by atoms with Crippen LogP contribution in [0.25, 0.3) is 0 Å². The zero-order valence-electron chi connectivity index (χ0n) is 17.7. The third-order valence-corrected chi connectivity index (χ3v) is 4.81. The molecular formula is C22H32N2O4. The standard InChI is InChI=1S/C22H32N2O4/c1-7-10-11-17(8-2)22(18(16-23)19(25)27-9-3)12-14-24(15-13-22)20(26)28-21(4,5)6/h7-8,10-11,18H,1,9,12-15H2,2-6H3/b11-10-,17-8+. The summed E-state index contributed by atoms with van der Waals surface area (Å²) in [6.07, 6.45) is 7.77. The second kappa shape index (κ2) is 10.1. The number of rotatable bonds is 6. The Kier molecular flexibility index (Phi) is 8.49. The van der Waals surface area contributed by atoms with E-state index in [1.807, 2.05) is 39.8 Å². The maximum Gasteiger partial charge on any atom is 0.410 e. The van der Waals surface area contributed by atoms with Crippen LogP contribution in [0.4, 0.5) is 4.79 Å². The van der Waals surface area contributed by atoms with Gasteiger partial charge < -0.3 is 14.4 Å². The van der Waals surface area contributed by atoms with Gasteiger partial charge in [0.15, 0.2) is 5.92 Å². The summed E-state index contributed by atoms with van der Waals surface area (Å²) in [5.41, 5.74) is -0.434. The van der Waals surface area contributed by atoms with Crippen molar-refractivity contribution < 1.29 is 19.1 Å². The van der Waals surface area contributed by atoms with E-state index >= 15 is 0 Å². The largest absolute Gasteiger partial charge is 0.465 e. The number of amides is 1. The van der Waals surface area contributed by atoms with Crippen LogP contribution in [-0.2, 0) is 14.3 Å². The van der Waals surface area contributed by atoms with Crippen LogP contribution in [-0.4, -0.2) is 42.3 Å². The number of hydrogen-bond acceptors (Lipinski definition) is 5. The predicted octanol–water partition coefficient (Wildman–Crippen LogP) is 4.40. The van der Waals surface area contributed by atoms with Gasteiger partial charge in [-0.05, 0) is 53.0 Å². The summed E-state index contributed by atoms with van der Waals surface area (Å²) in [7, 11) is 0. The first-order chi connectivity index (χ1) is 13.1. The maximum atomic E-state index is 12.6. The molecule has 6 heteroatoms. The molecule has 1 amide bonds. The monoisotopic (exact) mass is 388 g/mol. The number of nitrogens with zero attached hydrogens (tertiary/aromatic N) is 2. The molecule has 0 N–H and O–H groups in total. The highest BCUT2D eigenvalue weighted by atomic mass is 16.6. The van der Waals surface area contributed by atoms with E-state index in [2.05, 4.69) is 12.6 Å². The molecule has 1 aliphatic rings. The van der Waals surface area contributed by atoms with Crippen molar-refractivity contribution in [1.82, 2.24) is 4.90 Å². The second-order valence-corrected chi connectivity index (χ2v) is 7.78. The molecule has 0 aliphatic carbocycles. The fraction of sp³-hybridized carbons (Fsp3) is 0.591. The van der Waals surface area contributed by atoms with E-state index in [4.69, 9.17) is 9.47 Å². The van der Waals surface area contributed by atoms with Crippen molar-refractivity contribution in [1.29, 1.82) is 5.26 Å². The van der Waals surface area contributed by atoms with E-state index in [1.165, 1.54) is 0 Å². The lowest BCUT2D eigenvalue weighted by Gasteiger charge is -2.44. The SMILES string of the molecule is C=C/C=C\C(=C/C)C1(C(C#N)C(=O)OCC)CCN(C(=O)OC(C)(C)C)CC1. The van der Waals surface area contributed by atoms with Crippen LogP contribution in [0.2, 0.25) is 0 Å². The molecule has 1 atom stereocenters. The van der Waals surface area contributed by atoms with Crippen LogP contribution in [0.5, 0.6) is 0 Å². The van der Waals surface area contributed by atoms with E-state index in [0.29, 0.717) is 25.9 Å². The fourth-order valence-electron chi connectivity index (χ4n) is 3.51. The average molecular weight is 389 g/mol. The molecule has 6 nitrogen and oxygen atoms in total. The first-order valence-electron chi connectivity index (χ1n) is 9.65. The molecule has 0 saturated carbocycles. The molecule has 1 rings (SSSR count). The van der Waals surface area contributed by atoms with Crippen molar-refractivity contribution >= 4 is 12.1 Å². The minimum atomic E-state index is -0.950. The number of hydrogen-bond donors (Lipinski definition) is 0. The minimum Gasteiger partial charge on any atom is -0.465 e. The number of esters is 1. The van der Waals surface area contributed by atoms with Crippen LogP contribution in [0, 0.1) is 22.7 Å². The molecule has 1 heterocycles.